The van der Waals surface area contributed by atoms with Crippen molar-refractivity contribution in [2.24, 2.45) is 5.92 Å². The Morgan fingerprint density at radius 2 is 1.74 bits per heavy atom. The third-order valence-electron chi connectivity index (χ3n) is 4.79. The first-order valence-corrected chi connectivity index (χ1v) is 10.0. The fourth-order valence-electron chi connectivity index (χ4n) is 3.24. The molecule has 1 aliphatic rings. The molecule has 1 fully saturated rings. The zero-order valence-electron chi connectivity index (χ0n) is 17.2. The van der Waals surface area contributed by atoms with Crippen LogP contribution >= 0.6 is 0 Å². The third kappa shape index (κ3) is 6.15. The first-order chi connectivity index (χ1) is 15.0. The van der Waals surface area contributed by atoms with Gasteiger partial charge in [0.15, 0.2) is 6.61 Å². The van der Waals surface area contributed by atoms with Crippen LogP contribution in [-0.2, 0) is 30.4 Å². The van der Waals surface area contributed by atoms with Gasteiger partial charge in [0.05, 0.1) is 18.1 Å². The Morgan fingerprint density at radius 3 is 2.42 bits per heavy atom. The van der Waals surface area contributed by atoms with Crippen molar-refractivity contribution in [2.75, 3.05) is 25.1 Å². The molecule has 0 spiro atoms. The van der Waals surface area contributed by atoms with Gasteiger partial charge in [0, 0.05) is 25.2 Å². The average Bonchev–Trinajstić information content (AvgIpc) is 3.13. The molecule has 3 rings (SSSR count). The minimum atomic E-state index is -0.590. The van der Waals surface area contributed by atoms with Gasteiger partial charge in [0.25, 0.3) is 5.91 Å². The molecule has 1 unspecified atom stereocenters. The molecule has 1 N–H and O–H groups in total. The summed E-state index contributed by atoms with van der Waals surface area (Å²) in [5.41, 5.74) is 1.81. The molecule has 162 valence electrons. The van der Waals surface area contributed by atoms with Gasteiger partial charge in [-0.2, -0.15) is 0 Å². The van der Waals surface area contributed by atoms with Crippen molar-refractivity contribution in [3.05, 3.63) is 65.7 Å². The average molecular weight is 424 g/mol. The number of carbonyl (C=O) groups excluding carboxylic acids is 4. The summed E-state index contributed by atoms with van der Waals surface area (Å²) in [5.74, 6) is -2.23. The van der Waals surface area contributed by atoms with Crippen LogP contribution in [0.5, 0.6) is 0 Å². The molecule has 8 nitrogen and oxygen atoms in total. The highest BCUT2D eigenvalue weighted by Crippen LogP contribution is 2.21. The summed E-state index contributed by atoms with van der Waals surface area (Å²) in [6.45, 7) is 2.24. The SMILES string of the molecule is CCOC(=O)c1ccc(NC(=O)COC(=O)C2CC(=O)N(Cc3ccccc3)C2)cc1. The molecule has 0 bridgehead atoms. The van der Waals surface area contributed by atoms with E-state index in [2.05, 4.69) is 5.32 Å². The molecule has 1 saturated heterocycles. The fourth-order valence-corrected chi connectivity index (χ4v) is 3.24. The molecule has 2 aromatic rings. The second kappa shape index (κ2) is 10.4. The van der Waals surface area contributed by atoms with Crippen LogP contribution in [-0.4, -0.2) is 48.4 Å². The maximum absolute atomic E-state index is 12.3. The highest BCUT2D eigenvalue weighted by molar-refractivity contribution is 5.95. The van der Waals surface area contributed by atoms with Crippen molar-refractivity contribution in [1.82, 2.24) is 4.90 Å². The van der Waals surface area contributed by atoms with E-state index >= 15 is 0 Å². The van der Waals surface area contributed by atoms with E-state index in [-0.39, 0.29) is 25.5 Å². The Kier molecular flexibility index (Phi) is 7.37. The smallest absolute Gasteiger partial charge is 0.338 e. The van der Waals surface area contributed by atoms with E-state index < -0.39 is 30.4 Å². The number of nitrogens with zero attached hydrogens (tertiary/aromatic N) is 1. The van der Waals surface area contributed by atoms with Crippen molar-refractivity contribution in [2.45, 2.75) is 19.9 Å². The van der Waals surface area contributed by atoms with E-state index in [1.807, 2.05) is 30.3 Å². The number of likely N-dealkylation sites (tertiary alicyclic amines) is 1. The van der Waals surface area contributed by atoms with Crippen LogP contribution < -0.4 is 5.32 Å². The number of esters is 2. The summed E-state index contributed by atoms with van der Waals surface area (Å²) in [7, 11) is 0. The molecular weight excluding hydrogens is 400 g/mol. The normalized spacial score (nSPS) is 15.5. The molecular formula is C23H24N2O6. The van der Waals surface area contributed by atoms with E-state index in [0.717, 1.165) is 5.56 Å². The number of carbonyl (C=O) groups is 4. The minimum Gasteiger partial charge on any atom is -0.462 e. The maximum atomic E-state index is 12.3. The van der Waals surface area contributed by atoms with Crippen molar-refractivity contribution < 1.29 is 28.7 Å². The van der Waals surface area contributed by atoms with Crippen molar-refractivity contribution in [3.8, 4) is 0 Å². The van der Waals surface area contributed by atoms with E-state index in [9.17, 15) is 19.2 Å². The zero-order valence-corrected chi connectivity index (χ0v) is 17.2. The van der Waals surface area contributed by atoms with Gasteiger partial charge in [0.1, 0.15) is 0 Å². The molecule has 0 aliphatic carbocycles. The molecule has 8 heteroatoms. The summed E-state index contributed by atoms with van der Waals surface area (Å²) in [4.78, 5) is 49.8. The molecule has 2 aromatic carbocycles. The number of rotatable bonds is 8. The third-order valence-corrected chi connectivity index (χ3v) is 4.79. The van der Waals surface area contributed by atoms with Crippen molar-refractivity contribution in [1.29, 1.82) is 0 Å². The van der Waals surface area contributed by atoms with Gasteiger partial charge in [-0.3, -0.25) is 14.4 Å². The van der Waals surface area contributed by atoms with Crippen LogP contribution in [0.4, 0.5) is 5.69 Å². The van der Waals surface area contributed by atoms with Crippen LogP contribution in [0.15, 0.2) is 54.6 Å². The number of anilines is 1. The number of hydrogen-bond acceptors (Lipinski definition) is 6. The summed E-state index contributed by atoms with van der Waals surface area (Å²) < 4.78 is 10.00. The Morgan fingerprint density at radius 1 is 1.03 bits per heavy atom. The molecule has 1 aliphatic heterocycles. The Hall–Kier alpha value is -3.68. The molecule has 1 atom stereocenters. The number of benzene rings is 2. The standard InChI is InChI=1S/C23H24N2O6/c1-2-30-22(28)17-8-10-19(11-9-17)24-20(26)15-31-23(29)18-12-21(27)25(14-18)13-16-6-4-3-5-7-16/h3-11,18H,2,12-15H2,1H3,(H,24,26). The fraction of sp³-hybridized carbons (Fsp3) is 0.304. The molecule has 2 amide bonds. The van der Waals surface area contributed by atoms with Gasteiger partial charge in [-0.05, 0) is 36.8 Å². The van der Waals surface area contributed by atoms with Crippen molar-refractivity contribution in [3.63, 3.8) is 0 Å². The molecule has 0 aromatic heterocycles. The van der Waals surface area contributed by atoms with Gasteiger partial charge in [0.2, 0.25) is 5.91 Å². The molecule has 1 heterocycles. The number of hydrogen-bond donors (Lipinski definition) is 1. The molecule has 31 heavy (non-hydrogen) atoms. The van der Waals surface area contributed by atoms with Gasteiger partial charge >= 0.3 is 11.9 Å². The highest BCUT2D eigenvalue weighted by Gasteiger charge is 2.35. The summed E-state index contributed by atoms with van der Waals surface area (Å²) >= 11 is 0. The number of amides is 2. The van der Waals surface area contributed by atoms with Gasteiger partial charge in [-0.25, -0.2) is 4.79 Å². The number of ether oxygens (including phenoxy) is 2. The summed E-state index contributed by atoms with van der Waals surface area (Å²) in [5, 5.41) is 2.59. The van der Waals surface area contributed by atoms with E-state index in [0.29, 0.717) is 17.8 Å². The lowest BCUT2D eigenvalue weighted by Crippen LogP contribution is -2.28. The van der Waals surface area contributed by atoms with Gasteiger partial charge in [-0.1, -0.05) is 30.3 Å². The Bertz CT molecular complexity index is 942. The first kappa shape index (κ1) is 22.0. The predicted molar refractivity (Wildman–Crippen MR) is 112 cm³/mol. The second-order valence-corrected chi connectivity index (χ2v) is 7.11. The monoisotopic (exact) mass is 424 g/mol. The van der Waals surface area contributed by atoms with Crippen LogP contribution in [0, 0.1) is 5.92 Å². The summed E-state index contributed by atoms with van der Waals surface area (Å²) in [6.07, 6.45) is 0.0720. The highest BCUT2D eigenvalue weighted by atomic mass is 16.5. The lowest BCUT2D eigenvalue weighted by atomic mass is 10.1. The Balaban J connectivity index is 1.44. The van der Waals surface area contributed by atoms with E-state index in [1.165, 1.54) is 12.1 Å². The number of nitrogens with one attached hydrogen (secondary N) is 1. The second-order valence-electron chi connectivity index (χ2n) is 7.11. The van der Waals surface area contributed by atoms with Crippen molar-refractivity contribution >= 4 is 29.4 Å². The van der Waals surface area contributed by atoms with Crippen LogP contribution in [0.25, 0.3) is 0 Å². The minimum absolute atomic E-state index is 0.0720. The van der Waals surface area contributed by atoms with Crippen LogP contribution in [0.3, 0.4) is 0 Å². The predicted octanol–water partition coefficient (Wildman–Crippen LogP) is 2.39. The maximum Gasteiger partial charge on any atom is 0.338 e. The largest absolute Gasteiger partial charge is 0.462 e. The topological polar surface area (TPSA) is 102 Å². The van der Waals surface area contributed by atoms with Gasteiger partial charge < -0.3 is 19.7 Å². The Labute approximate surface area is 180 Å². The lowest BCUT2D eigenvalue weighted by molar-refractivity contribution is -0.151. The van der Waals surface area contributed by atoms with E-state index in [4.69, 9.17) is 9.47 Å². The summed E-state index contributed by atoms with van der Waals surface area (Å²) in [6, 6.07) is 15.7. The molecule has 0 saturated carbocycles. The molecule has 0 radical (unpaired) electrons. The zero-order chi connectivity index (χ0) is 22.2. The lowest BCUT2D eigenvalue weighted by Gasteiger charge is -2.16. The first-order valence-electron chi connectivity index (χ1n) is 10.0. The van der Waals surface area contributed by atoms with Gasteiger partial charge in [-0.15, -0.1) is 0 Å². The van der Waals surface area contributed by atoms with Crippen LogP contribution in [0.1, 0.15) is 29.3 Å². The quantitative estimate of drug-likeness (QED) is 0.653. The van der Waals surface area contributed by atoms with Crippen LogP contribution in [0.2, 0.25) is 0 Å². The van der Waals surface area contributed by atoms with E-state index in [1.54, 1.807) is 24.0 Å².